The first-order valence-electron chi connectivity index (χ1n) is 12.4. The van der Waals surface area contributed by atoms with Crippen LogP contribution in [0.25, 0.3) is 0 Å². The van der Waals surface area contributed by atoms with E-state index in [2.05, 4.69) is 31.0 Å². The molecule has 2 aromatic heterocycles. The zero-order chi connectivity index (χ0) is 26.5. The molecule has 0 bridgehead atoms. The Morgan fingerprint density at radius 3 is 1.55 bits per heavy atom. The van der Waals surface area contributed by atoms with Crippen molar-refractivity contribution in [1.82, 2.24) is 20.4 Å². The summed E-state index contributed by atoms with van der Waals surface area (Å²) in [6, 6.07) is 14.5. The zero-order valence-electron chi connectivity index (χ0n) is 20.6. The Balaban J connectivity index is 1.14. The lowest BCUT2D eigenvalue weighted by atomic mass is 9.82. The van der Waals surface area contributed by atoms with Crippen LogP contribution in [0.2, 0.25) is 0 Å². The van der Waals surface area contributed by atoms with E-state index in [0.29, 0.717) is 21.6 Å². The molecule has 2 aromatic carbocycles. The van der Waals surface area contributed by atoms with Crippen LogP contribution in [0, 0.1) is 0 Å². The molecule has 5 rings (SSSR count). The van der Waals surface area contributed by atoms with Gasteiger partial charge in [0.1, 0.15) is 10.0 Å². The molecule has 38 heavy (non-hydrogen) atoms. The van der Waals surface area contributed by atoms with Crippen LogP contribution >= 0.6 is 22.7 Å². The molecule has 0 spiro atoms. The van der Waals surface area contributed by atoms with Gasteiger partial charge in [-0.15, -0.1) is 20.4 Å². The Kier molecular flexibility index (Phi) is 7.89. The quantitative estimate of drug-likeness (QED) is 0.236. The summed E-state index contributed by atoms with van der Waals surface area (Å²) in [5.74, 6) is 0.195. The molecule has 196 valence electrons. The van der Waals surface area contributed by atoms with Gasteiger partial charge in [-0.25, -0.2) is 0 Å². The Morgan fingerprint density at radius 1 is 0.711 bits per heavy atom. The second-order valence-corrected chi connectivity index (χ2v) is 11.4. The molecule has 0 saturated heterocycles. The smallest absolute Gasteiger partial charge is 0.230 e. The standard InChI is InChI=1S/C26H28N8O2S2/c27-19-8-4-15(5-9-19)12-21(35)29-25-33-31-23(37-25)17-2-1-3-18(14-17)24-32-34-26(38-24)30-22(36)13-16-6-10-20(28)11-7-16/h4-11,17-18H,1-3,12-14,27-28H2,(H,29,33,35)(H,30,34,36)/t17-,18-/m0/s1. The van der Waals surface area contributed by atoms with E-state index >= 15 is 0 Å². The van der Waals surface area contributed by atoms with Gasteiger partial charge in [0.25, 0.3) is 0 Å². The lowest BCUT2D eigenvalue weighted by molar-refractivity contribution is -0.116. The molecule has 4 aromatic rings. The molecule has 1 saturated carbocycles. The summed E-state index contributed by atoms with van der Waals surface area (Å²) >= 11 is 2.84. The van der Waals surface area contributed by atoms with Gasteiger partial charge in [0.05, 0.1) is 12.8 Å². The lowest BCUT2D eigenvalue weighted by Gasteiger charge is -2.25. The topological polar surface area (TPSA) is 162 Å². The van der Waals surface area contributed by atoms with Crippen molar-refractivity contribution in [1.29, 1.82) is 0 Å². The number of benzene rings is 2. The van der Waals surface area contributed by atoms with Crippen LogP contribution in [0.3, 0.4) is 0 Å². The van der Waals surface area contributed by atoms with Crippen LogP contribution in [0.15, 0.2) is 48.5 Å². The highest BCUT2D eigenvalue weighted by Gasteiger charge is 2.29. The molecule has 2 amide bonds. The van der Waals surface area contributed by atoms with Gasteiger partial charge in [-0.3, -0.25) is 9.59 Å². The molecule has 1 fully saturated rings. The Labute approximate surface area is 227 Å². The number of nitrogens with two attached hydrogens (primary N) is 2. The Hall–Kier alpha value is -3.90. The van der Waals surface area contributed by atoms with Crippen molar-refractivity contribution in [3.8, 4) is 0 Å². The summed E-state index contributed by atoms with van der Waals surface area (Å²) in [6.45, 7) is 0. The minimum Gasteiger partial charge on any atom is -0.399 e. The molecular weight excluding hydrogens is 520 g/mol. The number of hydrogen-bond donors (Lipinski definition) is 4. The van der Waals surface area contributed by atoms with Crippen LogP contribution in [-0.2, 0) is 22.4 Å². The van der Waals surface area contributed by atoms with Gasteiger partial charge < -0.3 is 22.1 Å². The minimum absolute atomic E-state index is 0.140. The summed E-state index contributed by atoms with van der Waals surface area (Å²) in [5.41, 5.74) is 14.5. The van der Waals surface area contributed by atoms with Crippen LogP contribution in [0.4, 0.5) is 21.6 Å². The molecular formula is C26H28N8O2S2. The molecule has 12 heteroatoms. The Bertz CT molecular complexity index is 1300. The van der Waals surface area contributed by atoms with E-state index in [1.54, 1.807) is 24.3 Å². The van der Waals surface area contributed by atoms with Crippen LogP contribution in [-0.4, -0.2) is 32.2 Å². The van der Waals surface area contributed by atoms with E-state index in [4.69, 9.17) is 11.5 Å². The van der Waals surface area contributed by atoms with Crippen LogP contribution in [0.1, 0.15) is 58.7 Å². The monoisotopic (exact) mass is 548 g/mol. The van der Waals surface area contributed by atoms with E-state index in [1.165, 1.54) is 22.7 Å². The number of nitrogens with one attached hydrogen (secondary N) is 2. The number of anilines is 4. The van der Waals surface area contributed by atoms with Crippen molar-refractivity contribution < 1.29 is 9.59 Å². The van der Waals surface area contributed by atoms with Gasteiger partial charge in [-0.05, 0) is 54.7 Å². The number of aromatic nitrogens is 4. The summed E-state index contributed by atoms with van der Waals surface area (Å²) in [6.07, 6.45) is 4.42. The van der Waals surface area contributed by atoms with Crippen molar-refractivity contribution in [3.63, 3.8) is 0 Å². The molecule has 6 N–H and O–H groups in total. The average Bonchev–Trinajstić information content (AvgIpc) is 3.57. The van der Waals surface area contributed by atoms with E-state index in [-0.39, 0.29) is 36.5 Å². The van der Waals surface area contributed by atoms with Gasteiger partial charge in [0, 0.05) is 23.2 Å². The van der Waals surface area contributed by atoms with Crippen LogP contribution < -0.4 is 22.1 Å². The van der Waals surface area contributed by atoms with Gasteiger partial charge in [-0.2, -0.15) is 0 Å². The Morgan fingerprint density at radius 2 is 1.13 bits per heavy atom. The fourth-order valence-electron chi connectivity index (χ4n) is 4.51. The number of nitrogens with zero attached hydrogens (tertiary/aromatic N) is 4. The molecule has 2 heterocycles. The SMILES string of the molecule is Nc1ccc(CC(=O)Nc2nnc([C@H]3CCC[C@H](c4nnc(NC(=O)Cc5ccc(N)cc5)s4)C3)s2)cc1. The van der Waals surface area contributed by atoms with Gasteiger partial charge in [-0.1, -0.05) is 53.4 Å². The molecule has 0 unspecified atom stereocenters. The van der Waals surface area contributed by atoms with Gasteiger partial charge >= 0.3 is 0 Å². The van der Waals surface area contributed by atoms with E-state index in [0.717, 1.165) is 46.8 Å². The van der Waals surface area contributed by atoms with Crippen molar-refractivity contribution in [2.24, 2.45) is 0 Å². The second kappa shape index (κ2) is 11.7. The van der Waals surface area contributed by atoms with E-state index < -0.39 is 0 Å². The summed E-state index contributed by atoms with van der Waals surface area (Å²) in [7, 11) is 0. The van der Waals surface area contributed by atoms with E-state index in [1.807, 2.05) is 24.3 Å². The molecule has 1 aliphatic carbocycles. The highest BCUT2D eigenvalue weighted by molar-refractivity contribution is 7.15. The third-order valence-electron chi connectivity index (χ3n) is 6.44. The highest BCUT2D eigenvalue weighted by Crippen LogP contribution is 2.43. The minimum atomic E-state index is -0.140. The van der Waals surface area contributed by atoms with Crippen molar-refractivity contribution in [2.45, 2.75) is 50.4 Å². The number of carbonyl (C=O) groups is 2. The molecule has 2 atom stereocenters. The maximum atomic E-state index is 12.4. The van der Waals surface area contributed by atoms with Gasteiger partial charge in [0.2, 0.25) is 22.1 Å². The number of carbonyl (C=O) groups excluding carboxylic acids is 2. The van der Waals surface area contributed by atoms with Crippen molar-refractivity contribution >= 4 is 56.1 Å². The maximum Gasteiger partial charge on any atom is 0.230 e. The predicted octanol–water partition coefficient (Wildman–Crippen LogP) is 4.36. The normalized spacial score (nSPS) is 17.2. The number of amides is 2. The zero-order valence-corrected chi connectivity index (χ0v) is 22.2. The van der Waals surface area contributed by atoms with Gasteiger partial charge in [0.15, 0.2) is 0 Å². The third kappa shape index (κ3) is 6.69. The third-order valence-corrected chi connectivity index (χ3v) is 8.44. The first-order chi connectivity index (χ1) is 18.4. The summed E-state index contributed by atoms with van der Waals surface area (Å²) in [5, 5.41) is 25.7. The van der Waals surface area contributed by atoms with Crippen molar-refractivity contribution in [2.75, 3.05) is 22.1 Å². The fourth-order valence-corrected chi connectivity index (χ4v) is 6.32. The average molecular weight is 549 g/mol. The number of nitrogen functional groups attached to an aromatic ring is 2. The number of rotatable bonds is 8. The molecule has 0 aliphatic heterocycles. The van der Waals surface area contributed by atoms with Crippen molar-refractivity contribution in [3.05, 3.63) is 69.7 Å². The fraction of sp³-hybridized carbons (Fsp3) is 0.308. The first kappa shape index (κ1) is 25.7. The molecule has 0 radical (unpaired) electrons. The number of hydrogen-bond acceptors (Lipinski definition) is 10. The largest absolute Gasteiger partial charge is 0.399 e. The summed E-state index contributed by atoms with van der Waals surface area (Å²) in [4.78, 5) is 24.9. The van der Waals surface area contributed by atoms with Crippen LogP contribution in [0.5, 0.6) is 0 Å². The maximum absolute atomic E-state index is 12.4. The highest BCUT2D eigenvalue weighted by atomic mass is 32.1. The summed E-state index contributed by atoms with van der Waals surface area (Å²) < 4.78 is 0. The predicted molar refractivity (Wildman–Crippen MR) is 150 cm³/mol. The second-order valence-electron chi connectivity index (χ2n) is 9.38. The molecule has 10 nitrogen and oxygen atoms in total. The lowest BCUT2D eigenvalue weighted by Crippen LogP contribution is -2.14. The first-order valence-corrected chi connectivity index (χ1v) is 14.0. The van der Waals surface area contributed by atoms with E-state index in [9.17, 15) is 9.59 Å². The molecule has 1 aliphatic rings.